The summed E-state index contributed by atoms with van der Waals surface area (Å²) in [4.78, 5) is -1.91. The van der Waals surface area contributed by atoms with Crippen molar-refractivity contribution in [3.63, 3.8) is 0 Å². The van der Waals surface area contributed by atoms with Gasteiger partial charge in [-0.2, -0.15) is 42.1 Å². The van der Waals surface area contributed by atoms with Crippen molar-refractivity contribution in [3.8, 4) is 0 Å². The lowest BCUT2D eigenvalue weighted by molar-refractivity contribution is -0.396. The molecule has 21 saturated heterocycles. The van der Waals surface area contributed by atoms with Gasteiger partial charge in [0, 0.05) is 0 Å². The van der Waals surface area contributed by atoms with Gasteiger partial charge in [0.2, 0.25) is 0 Å². The Bertz CT molecular complexity index is 5440. The van der Waals surface area contributed by atoms with E-state index in [0.29, 0.717) is 27.8 Å². The Morgan fingerprint density at radius 1 is 0.197 bits per heavy atom. The topological polar surface area (TPSA) is 670 Å². The molecule has 21 aliphatic heterocycles. The van der Waals surface area contributed by atoms with Gasteiger partial charge >= 0.3 is 0 Å². The quantitative estimate of drug-likeness (QED) is 0.0299. The predicted molar refractivity (Wildman–Crippen MR) is 462 cm³/mol. The average Bonchev–Trinajstić information content (AvgIpc) is 0.858. The summed E-state index contributed by atoms with van der Waals surface area (Å²) in [6.45, 7) is 13.6. The molecule has 35 atom stereocenters. The zero-order chi connectivity index (χ0) is 101. The zero-order valence-corrected chi connectivity index (χ0v) is 81.0. The fraction of sp³-hybridized carbons (Fsp3) is 0.655. The highest BCUT2D eigenvalue weighted by molar-refractivity contribution is 7.88. The normalized spacial score (nSPS) is 36.9. The minimum atomic E-state index is -5.04. The molecule has 768 valence electrons. The molecule has 5 aromatic rings. The minimum absolute atomic E-state index is 0.142. The van der Waals surface area contributed by atoms with Crippen LogP contribution >= 0.6 is 0 Å². The Hall–Kier alpha value is -5.55. The number of rotatable bonds is 22. The molecular weight excluding hydrogens is 1930 g/mol. The van der Waals surface area contributed by atoms with Crippen LogP contribution in [0.4, 0.5) is 0 Å². The molecule has 21 fully saturated rings. The fourth-order valence-corrected chi connectivity index (χ4v) is 25.9. The van der Waals surface area contributed by atoms with Gasteiger partial charge in [-0.25, -0.2) is 0 Å². The van der Waals surface area contributed by atoms with Crippen molar-refractivity contribution >= 4 is 50.6 Å². The summed E-state index contributed by atoms with van der Waals surface area (Å²) in [7, 11) is -25.0. The smallest absolute Gasteiger partial charge is 0.297 e. The number of aliphatic hydroxyl groups is 16. The van der Waals surface area contributed by atoms with Gasteiger partial charge in [-0.1, -0.05) is 88.5 Å². The highest BCUT2D eigenvalue weighted by Gasteiger charge is 2.61. The van der Waals surface area contributed by atoms with Crippen LogP contribution in [0.15, 0.2) is 85.1 Å². The molecule has 0 amide bonds. The molecule has 0 saturated carbocycles. The molecule has 0 radical (unpaired) electrons. The van der Waals surface area contributed by atoms with Gasteiger partial charge in [0.25, 0.3) is 50.6 Å². The molecule has 0 spiro atoms. The largest absolute Gasteiger partial charge is 0.394 e. The van der Waals surface area contributed by atoms with E-state index in [4.69, 9.17) is 87.2 Å². The molecule has 16 N–H and O–H groups in total. The minimum Gasteiger partial charge on any atom is -0.394 e. The Balaban J connectivity index is 0.921. The van der Waals surface area contributed by atoms with E-state index in [2.05, 4.69) is 0 Å². The van der Waals surface area contributed by atoms with E-state index in [1.807, 2.05) is 0 Å². The van der Waals surface area contributed by atoms with E-state index in [1.54, 1.807) is 34.6 Å². The van der Waals surface area contributed by atoms with Crippen molar-refractivity contribution in [2.45, 2.75) is 343 Å². The molecule has 0 unspecified atom stereocenters. The second kappa shape index (κ2) is 43.0. The van der Waals surface area contributed by atoms with E-state index >= 15 is 0 Å². The first-order valence-corrected chi connectivity index (χ1v) is 50.8. The van der Waals surface area contributed by atoms with Crippen LogP contribution in [0.5, 0.6) is 0 Å². The second-order valence-corrected chi connectivity index (χ2v) is 43.8. The first-order valence-electron chi connectivity index (χ1n) is 43.8. The molecule has 0 aliphatic carbocycles. The Morgan fingerprint density at radius 2 is 0.314 bits per heavy atom. The summed E-state index contributed by atoms with van der Waals surface area (Å²) in [5.74, 6) is 0. The zero-order valence-electron chi connectivity index (χ0n) is 77.0. The van der Waals surface area contributed by atoms with Crippen LogP contribution in [0.1, 0.15) is 83.5 Å². The van der Waals surface area contributed by atoms with Gasteiger partial charge in [0.15, 0.2) is 44.0 Å². The van der Waals surface area contributed by atoms with Gasteiger partial charge in [-0.3, -0.25) is 20.9 Å². The van der Waals surface area contributed by atoms with Crippen molar-refractivity contribution < 1.29 is 211 Å². The number of hydrogen-bond acceptors (Lipinski definition) is 45. The summed E-state index contributed by atoms with van der Waals surface area (Å²) < 4.78 is 260. The summed E-state index contributed by atoms with van der Waals surface area (Å²) in [6, 6.07) is 15.0. The van der Waals surface area contributed by atoms with Gasteiger partial charge < -0.3 is 148 Å². The van der Waals surface area contributed by atoms with Crippen molar-refractivity contribution in [1.29, 1.82) is 0 Å². The van der Waals surface area contributed by atoms with E-state index in [1.165, 1.54) is 130 Å². The summed E-state index contributed by atoms with van der Waals surface area (Å²) in [6.07, 6.45) is -84.3. The van der Waals surface area contributed by atoms with Crippen LogP contribution < -0.4 is 0 Å². The van der Waals surface area contributed by atoms with E-state index < -0.39 is 322 Å². The highest BCUT2D eigenvalue weighted by Crippen LogP contribution is 2.43. The standard InChI is InChI=1S/C87H120O45S5/c1-33-16-38(6)76(39(7)17-33)133(104,105)114-28-50-71-57(92)64(99)83(121-50)126-69-48(26-88)120-82(63(98)56(69)91)129-72-51(29-115-134(106,107)77-40(8)18-34(2)19-41(77)9)123-85(66(101)59(72)94)131-74-53(31-117-136(110,111)79-44(12)22-36(4)23-45(79)13)125-87(68(103)61(74)96)132-75-54(32-118-137(112,113)80-46(14)24-37(5)25-47(80)15)124-86(67(102)60(75)95)130-73-52(30-116-135(108,109)78-42(10)20-35(3)21-43(78)11)122-84(65(100)58(73)93)127-70-49(27-89)119-81(128-71)62(97)55(70)90/h16-25,48-75,81-103H,26-32H2,1-15H3/t48-,49-,50-,51-,52-,53-,54-,55-,56+,57-,58-,59+,60-,61-,62-,63-,64-,65-,66-,67-,68-,69-,70-,71-,72-,73-,74-,75-,81-,82-,83-,84-,85-,86-,87-/m1/s1. The van der Waals surface area contributed by atoms with Gasteiger partial charge in [0.05, 0.1) is 70.7 Å². The van der Waals surface area contributed by atoms with Crippen molar-refractivity contribution in [2.24, 2.45) is 0 Å². The van der Waals surface area contributed by atoms with Crippen LogP contribution in [-0.4, -0.2) is 385 Å². The number of hydrogen-bond donors (Lipinski definition) is 16. The molecule has 137 heavy (non-hydrogen) atoms. The monoisotopic (exact) mass is 2040 g/mol. The SMILES string of the molecule is Cc1cc(C)c(S(=O)(=O)OC[C@H]2O[C@@H]3O[C@H]4[C@H](O)[C@@H](O)[C@@H](O[C@H]5[C@H](O)[C@@H](O)[C@@H](O[C@H]6[C@@H](O)[C@@H](O)[C@@H](O[C@H]7[C@@H](O)[C@@H](O)[C@@H](O[C@H]8[C@H](O)[C@@H](O)[C@@H](O[C@H]9[C@H](O)[C@@H](O)[C@@H](O[C@H]2[C@H](O)[C@H]3O)O[C@@H]9COS(=O)(=O)c2c(C)cc(C)cc2C)O[C@@H]8COS(=O)(=O)c2c(C)cc(C)cc2C)O[C@@H]7COS(=O)(=O)c2c(C)cc(C)cc2C)O[C@@H]6CO)O[C@@H]5COS(=O)(=O)c2c(C)cc(C)cc2C)O[C@@H]4CO)c(C)c1. The fourth-order valence-electron chi connectivity index (χ4n) is 19.2. The maximum absolute atomic E-state index is 14.6. The van der Waals surface area contributed by atoms with E-state index in [0.717, 1.165) is 0 Å². The molecule has 21 aliphatic rings. The first kappa shape index (κ1) is 109. The summed E-state index contributed by atoms with van der Waals surface area (Å²) >= 11 is 0. The Kier molecular flexibility index (Phi) is 34.1. The summed E-state index contributed by atoms with van der Waals surface area (Å²) in [5.41, 5.74) is 4.62. The van der Waals surface area contributed by atoms with Gasteiger partial charge in [-0.15, -0.1) is 0 Å². The van der Waals surface area contributed by atoms with Crippen LogP contribution in [0.3, 0.4) is 0 Å². The van der Waals surface area contributed by atoms with Crippen molar-refractivity contribution in [1.82, 2.24) is 0 Å². The number of aliphatic hydroxyl groups excluding tert-OH is 16. The maximum atomic E-state index is 14.6. The lowest BCUT2D eigenvalue weighted by Gasteiger charge is -2.50. The van der Waals surface area contributed by atoms with Gasteiger partial charge in [0.1, 0.15) is 171 Å². The molecule has 45 nitrogen and oxygen atoms in total. The van der Waals surface area contributed by atoms with Crippen LogP contribution in [0, 0.1) is 104 Å². The van der Waals surface area contributed by atoms with Crippen LogP contribution in [0.2, 0.25) is 0 Å². The molecule has 50 heteroatoms. The van der Waals surface area contributed by atoms with E-state index in [-0.39, 0.29) is 70.3 Å². The Morgan fingerprint density at radius 3 is 0.438 bits per heavy atom. The molecular formula is C87H120O45S5. The molecule has 5 aromatic carbocycles. The van der Waals surface area contributed by atoms with Gasteiger partial charge in [-0.05, 0) is 159 Å². The van der Waals surface area contributed by atoms with E-state index in [9.17, 15) is 124 Å². The third kappa shape index (κ3) is 22.9. The summed E-state index contributed by atoms with van der Waals surface area (Å²) in [5, 5.41) is 196. The average molecular weight is 2050 g/mol. The molecule has 21 heterocycles. The third-order valence-electron chi connectivity index (χ3n) is 25.1. The predicted octanol–water partition coefficient (Wildman–Crippen LogP) is -3.54. The van der Waals surface area contributed by atoms with Crippen molar-refractivity contribution in [2.75, 3.05) is 46.2 Å². The molecule has 0 aromatic heterocycles. The van der Waals surface area contributed by atoms with Crippen molar-refractivity contribution in [3.05, 3.63) is 144 Å². The molecule has 14 bridgehead atoms. The third-order valence-corrected chi connectivity index (χ3v) is 33.0. The number of ether oxygens (including phenoxy) is 14. The first-order chi connectivity index (χ1) is 64.0. The maximum Gasteiger partial charge on any atom is 0.297 e. The highest BCUT2D eigenvalue weighted by atomic mass is 32.2. The number of benzene rings is 5. The second-order valence-electron chi connectivity index (χ2n) is 36.1. The molecule has 26 rings (SSSR count). The Labute approximate surface area is 790 Å². The van der Waals surface area contributed by atoms with Crippen LogP contribution in [-0.2, 0) is 138 Å². The van der Waals surface area contributed by atoms with Crippen LogP contribution in [0.25, 0.3) is 0 Å². The lowest BCUT2D eigenvalue weighted by atomic mass is 9.95. The lowest BCUT2D eigenvalue weighted by Crippen LogP contribution is -2.68. The number of aryl methyl sites for hydroxylation is 15.